The van der Waals surface area contributed by atoms with Crippen molar-refractivity contribution in [3.63, 3.8) is 0 Å². The van der Waals surface area contributed by atoms with Crippen LogP contribution in [0.4, 0.5) is 0 Å². The van der Waals surface area contributed by atoms with Gasteiger partial charge in [-0.15, -0.1) is 0 Å². The summed E-state index contributed by atoms with van der Waals surface area (Å²) < 4.78 is 9.79. The molecule has 2 aromatic rings. The first-order valence-electron chi connectivity index (χ1n) is 9.97. The number of ether oxygens (including phenoxy) is 1. The van der Waals surface area contributed by atoms with E-state index in [1.807, 2.05) is 16.2 Å². The average Bonchev–Trinajstić information content (AvgIpc) is 3.27. The Labute approximate surface area is 154 Å². The van der Waals surface area contributed by atoms with Crippen LogP contribution in [0.2, 0.25) is 0 Å². The van der Waals surface area contributed by atoms with Crippen molar-refractivity contribution in [3.05, 3.63) is 34.2 Å². The number of piperidine rings is 1. The monoisotopic (exact) mass is 358 g/mol. The van der Waals surface area contributed by atoms with Crippen LogP contribution in [0, 0.1) is 0 Å². The third-order valence-corrected chi connectivity index (χ3v) is 5.78. The van der Waals surface area contributed by atoms with E-state index in [2.05, 4.69) is 28.8 Å². The number of rotatable bonds is 6. The average molecular weight is 358 g/mol. The van der Waals surface area contributed by atoms with Gasteiger partial charge in [0.1, 0.15) is 0 Å². The minimum Gasteiger partial charge on any atom is -0.377 e. The molecule has 6 nitrogen and oxygen atoms in total. The summed E-state index contributed by atoms with van der Waals surface area (Å²) in [5.41, 5.74) is 3.52. The highest BCUT2D eigenvalue weighted by molar-refractivity contribution is 5.80. The van der Waals surface area contributed by atoms with E-state index in [0.717, 1.165) is 75.9 Å². The topological polar surface area (TPSA) is 60.2 Å². The van der Waals surface area contributed by atoms with Crippen molar-refractivity contribution < 1.29 is 4.74 Å². The van der Waals surface area contributed by atoms with Gasteiger partial charge in [0.05, 0.1) is 23.2 Å². The molecule has 0 radical (unpaired) electrons. The third kappa shape index (κ3) is 3.46. The van der Waals surface area contributed by atoms with Gasteiger partial charge in [0.15, 0.2) is 0 Å². The van der Waals surface area contributed by atoms with E-state index in [0.29, 0.717) is 6.10 Å². The van der Waals surface area contributed by atoms with Crippen molar-refractivity contribution in [1.29, 1.82) is 0 Å². The maximum atomic E-state index is 12.9. The molecule has 142 valence electrons. The van der Waals surface area contributed by atoms with Gasteiger partial charge >= 0.3 is 5.69 Å². The lowest BCUT2D eigenvalue weighted by atomic mass is 10.1. The Kier molecular flexibility index (Phi) is 5.43. The summed E-state index contributed by atoms with van der Waals surface area (Å²) in [5, 5.41) is 6.76. The summed E-state index contributed by atoms with van der Waals surface area (Å²) in [5.74, 6) is 0. The maximum Gasteiger partial charge on any atom is 0.329 e. The first kappa shape index (κ1) is 17.8. The molecule has 2 atom stereocenters. The number of para-hydroxylation sites is 1. The Bertz CT molecular complexity index is 798. The highest BCUT2D eigenvalue weighted by atomic mass is 16.5. The van der Waals surface area contributed by atoms with Crippen molar-refractivity contribution in [2.24, 2.45) is 7.05 Å². The molecule has 1 aromatic carbocycles. The second-order valence-corrected chi connectivity index (χ2v) is 7.59. The molecule has 2 aliphatic rings. The number of aromatic nitrogens is 2. The number of fused-ring (bicyclic) bond motifs is 1. The van der Waals surface area contributed by atoms with Crippen LogP contribution in [0.5, 0.6) is 0 Å². The summed E-state index contributed by atoms with van der Waals surface area (Å²) in [7, 11) is 1.90. The van der Waals surface area contributed by atoms with E-state index in [1.165, 1.54) is 5.56 Å². The second-order valence-electron chi connectivity index (χ2n) is 7.59. The molecule has 3 heterocycles. The summed E-state index contributed by atoms with van der Waals surface area (Å²) in [6, 6.07) is 6.59. The number of aryl methyl sites for hydroxylation is 2. The van der Waals surface area contributed by atoms with Gasteiger partial charge < -0.3 is 15.4 Å². The first-order valence-corrected chi connectivity index (χ1v) is 9.97. The van der Waals surface area contributed by atoms with Gasteiger partial charge in [-0.25, -0.2) is 4.79 Å². The summed E-state index contributed by atoms with van der Waals surface area (Å²) in [6.45, 7) is 4.76. The van der Waals surface area contributed by atoms with Crippen LogP contribution >= 0.6 is 0 Å². The van der Waals surface area contributed by atoms with Crippen molar-refractivity contribution in [3.8, 4) is 0 Å². The second kappa shape index (κ2) is 7.94. The maximum absolute atomic E-state index is 12.9. The van der Waals surface area contributed by atoms with Gasteiger partial charge in [-0.1, -0.05) is 12.1 Å². The molecule has 2 fully saturated rings. The van der Waals surface area contributed by atoms with Crippen LogP contribution in [0.1, 0.15) is 37.3 Å². The zero-order valence-corrected chi connectivity index (χ0v) is 15.7. The largest absolute Gasteiger partial charge is 0.377 e. The lowest BCUT2D eigenvalue weighted by molar-refractivity contribution is 0.0656. The lowest BCUT2D eigenvalue weighted by Gasteiger charge is -2.24. The summed E-state index contributed by atoms with van der Waals surface area (Å²) in [4.78, 5) is 12.9. The Balaban J connectivity index is 1.53. The zero-order valence-electron chi connectivity index (χ0n) is 15.7. The van der Waals surface area contributed by atoms with Crippen LogP contribution in [0.15, 0.2) is 23.0 Å². The minimum atomic E-state index is 0.106. The fourth-order valence-corrected chi connectivity index (χ4v) is 4.41. The SMILES string of the molecule is Cn1c(=O)n(C2CCCNC2)c2cccc(CCCO[C@@H]3CCNC3)c21. The van der Waals surface area contributed by atoms with E-state index >= 15 is 0 Å². The number of benzene rings is 1. The van der Waals surface area contributed by atoms with Crippen LogP contribution in [0.3, 0.4) is 0 Å². The molecule has 2 aliphatic heterocycles. The molecule has 26 heavy (non-hydrogen) atoms. The van der Waals surface area contributed by atoms with Crippen molar-refractivity contribution >= 4 is 11.0 Å². The van der Waals surface area contributed by atoms with Gasteiger partial charge in [0.25, 0.3) is 0 Å². The van der Waals surface area contributed by atoms with Gasteiger partial charge in [-0.3, -0.25) is 9.13 Å². The van der Waals surface area contributed by atoms with Crippen molar-refractivity contribution in [2.75, 3.05) is 32.8 Å². The van der Waals surface area contributed by atoms with Gasteiger partial charge in [-0.05, 0) is 56.8 Å². The van der Waals surface area contributed by atoms with E-state index in [4.69, 9.17) is 4.74 Å². The van der Waals surface area contributed by atoms with Gasteiger partial charge in [0, 0.05) is 26.7 Å². The molecule has 0 saturated carbocycles. The number of hydrogen-bond acceptors (Lipinski definition) is 4. The quantitative estimate of drug-likeness (QED) is 0.770. The van der Waals surface area contributed by atoms with Crippen LogP contribution in [-0.2, 0) is 18.2 Å². The highest BCUT2D eigenvalue weighted by Gasteiger charge is 2.22. The Morgan fingerprint density at radius 2 is 2.08 bits per heavy atom. The molecule has 0 bridgehead atoms. The van der Waals surface area contributed by atoms with Crippen molar-refractivity contribution in [2.45, 2.75) is 44.2 Å². The molecule has 2 saturated heterocycles. The number of nitrogens with one attached hydrogen (secondary N) is 2. The number of imidazole rings is 1. The van der Waals surface area contributed by atoms with Crippen LogP contribution < -0.4 is 16.3 Å². The Morgan fingerprint density at radius 3 is 2.85 bits per heavy atom. The molecule has 0 spiro atoms. The zero-order chi connectivity index (χ0) is 17.9. The molecule has 0 aliphatic carbocycles. The molecule has 4 rings (SSSR count). The molecule has 6 heteroatoms. The van der Waals surface area contributed by atoms with E-state index < -0.39 is 0 Å². The summed E-state index contributed by atoms with van der Waals surface area (Å²) >= 11 is 0. The lowest BCUT2D eigenvalue weighted by Crippen LogP contribution is -2.36. The molecular formula is C20H30N4O2. The minimum absolute atomic E-state index is 0.106. The molecule has 1 aromatic heterocycles. The highest BCUT2D eigenvalue weighted by Crippen LogP contribution is 2.24. The molecule has 1 unspecified atom stereocenters. The summed E-state index contributed by atoms with van der Waals surface area (Å²) in [6.07, 6.45) is 5.61. The van der Waals surface area contributed by atoms with Gasteiger partial charge in [-0.2, -0.15) is 0 Å². The third-order valence-electron chi connectivity index (χ3n) is 5.78. The normalized spacial score (nSPS) is 23.7. The molecule has 2 N–H and O–H groups in total. The van der Waals surface area contributed by atoms with Gasteiger partial charge in [0.2, 0.25) is 0 Å². The standard InChI is InChI=1S/C20H30N4O2/c1-23-19-15(6-4-12-26-17-9-11-22-14-17)5-2-8-18(19)24(20(23)25)16-7-3-10-21-13-16/h2,5,8,16-17,21-22H,3-4,6-7,9-14H2,1H3/t16?,17-/m1/s1. The van der Waals surface area contributed by atoms with E-state index in [9.17, 15) is 4.79 Å². The van der Waals surface area contributed by atoms with E-state index in [-0.39, 0.29) is 11.7 Å². The first-order chi connectivity index (χ1) is 12.8. The van der Waals surface area contributed by atoms with Crippen LogP contribution in [-0.4, -0.2) is 48.0 Å². The predicted octanol–water partition coefficient (Wildman–Crippen LogP) is 1.58. The molecular weight excluding hydrogens is 328 g/mol. The number of nitrogens with zero attached hydrogens (tertiary/aromatic N) is 2. The number of hydrogen-bond donors (Lipinski definition) is 2. The van der Waals surface area contributed by atoms with Crippen LogP contribution in [0.25, 0.3) is 11.0 Å². The predicted molar refractivity (Wildman–Crippen MR) is 104 cm³/mol. The molecule has 0 amide bonds. The fourth-order valence-electron chi connectivity index (χ4n) is 4.41. The van der Waals surface area contributed by atoms with Crippen molar-refractivity contribution in [1.82, 2.24) is 19.8 Å². The smallest absolute Gasteiger partial charge is 0.329 e. The Morgan fingerprint density at radius 1 is 1.19 bits per heavy atom. The van der Waals surface area contributed by atoms with E-state index in [1.54, 1.807) is 0 Å². The Hall–Kier alpha value is -1.63. The fraction of sp³-hybridized carbons (Fsp3) is 0.650.